The van der Waals surface area contributed by atoms with Gasteiger partial charge in [0.25, 0.3) is 5.91 Å². The van der Waals surface area contributed by atoms with Gasteiger partial charge in [-0.05, 0) is 30.5 Å². The van der Waals surface area contributed by atoms with E-state index in [9.17, 15) is 9.59 Å². The summed E-state index contributed by atoms with van der Waals surface area (Å²) in [5.74, 6) is 0.496. The highest BCUT2D eigenvalue weighted by Crippen LogP contribution is 2.31. The Balaban J connectivity index is 2.24. The smallest absolute Gasteiger partial charge is 0.265 e. The molecule has 0 saturated heterocycles. The molecule has 1 amide bonds. The van der Waals surface area contributed by atoms with Crippen LogP contribution >= 0.6 is 0 Å². The maximum atomic E-state index is 12.1. The van der Waals surface area contributed by atoms with Crippen LogP contribution < -0.4 is 10.1 Å². The topological polar surface area (TPSA) is 55.4 Å². The summed E-state index contributed by atoms with van der Waals surface area (Å²) in [7, 11) is 0. The number of hydrogen-bond acceptors (Lipinski definition) is 3. The molecule has 4 heteroatoms. The molecular weight excluding hydrogens is 242 g/mol. The molecule has 1 aliphatic rings. The number of Topliss-reactive ketones (excluding diaryl/α,β-unsaturated/α-hetero) is 1. The van der Waals surface area contributed by atoms with E-state index >= 15 is 0 Å². The Bertz CT molecular complexity index is 529. The molecule has 19 heavy (non-hydrogen) atoms. The van der Waals surface area contributed by atoms with Crippen LogP contribution in [0.4, 0.5) is 5.69 Å². The summed E-state index contributed by atoms with van der Waals surface area (Å²) >= 11 is 0. The zero-order valence-electron chi connectivity index (χ0n) is 11.7. The van der Waals surface area contributed by atoms with Crippen LogP contribution in [0.15, 0.2) is 18.2 Å². The first-order chi connectivity index (χ1) is 8.76. The van der Waals surface area contributed by atoms with Gasteiger partial charge in [0.05, 0.1) is 5.69 Å². The minimum absolute atomic E-state index is 0.0543. The number of carbonyl (C=O) groups is 2. The average Bonchev–Trinajstić information content (AvgIpc) is 2.27. The van der Waals surface area contributed by atoms with Gasteiger partial charge in [0.15, 0.2) is 11.9 Å². The number of fused-ring (bicyclic) bond motifs is 1. The predicted octanol–water partition coefficient (Wildman–Crippen LogP) is 3.02. The van der Waals surface area contributed by atoms with Crippen LogP contribution in [0.25, 0.3) is 0 Å². The van der Waals surface area contributed by atoms with Gasteiger partial charge in [-0.2, -0.15) is 0 Å². The summed E-state index contributed by atoms with van der Waals surface area (Å²) in [5, 5.41) is 2.75. The molecule has 102 valence electrons. The largest absolute Gasteiger partial charge is 0.479 e. The fourth-order valence-corrected chi connectivity index (χ4v) is 1.97. The van der Waals surface area contributed by atoms with Crippen molar-refractivity contribution in [2.45, 2.75) is 40.2 Å². The average molecular weight is 261 g/mol. The molecule has 1 unspecified atom stereocenters. The fraction of sp³-hybridized carbons (Fsp3) is 0.467. The number of rotatable bonds is 2. The lowest BCUT2D eigenvalue weighted by Gasteiger charge is -2.24. The van der Waals surface area contributed by atoms with E-state index in [1.165, 1.54) is 0 Å². The van der Waals surface area contributed by atoms with Crippen molar-refractivity contribution in [1.29, 1.82) is 0 Å². The number of ketones is 1. The highest BCUT2D eigenvalue weighted by atomic mass is 16.5. The second kappa shape index (κ2) is 4.68. The third kappa shape index (κ3) is 3.13. The van der Waals surface area contributed by atoms with Gasteiger partial charge < -0.3 is 10.1 Å². The maximum Gasteiger partial charge on any atom is 0.265 e. The monoisotopic (exact) mass is 261 g/mol. The van der Waals surface area contributed by atoms with Gasteiger partial charge in [-0.1, -0.05) is 20.8 Å². The lowest BCUT2D eigenvalue weighted by Crippen LogP contribution is -2.34. The Morgan fingerprint density at radius 2 is 2.05 bits per heavy atom. The molecule has 0 aliphatic carbocycles. The van der Waals surface area contributed by atoms with Gasteiger partial charge in [0.2, 0.25) is 0 Å². The van der Waals surface area contributed by atoms with E-state index in [-0.39, 0.29) is 17.1 Å². The number of amides is 1. The highest BCUT2D eigenvalue weighted by Gasteiger charge is 2.25. The number of benzene rings is 1. The third-order valence-electron chi connectivity index (χ3n) is 2.92. The molecule has 0 saturated carbocycles. The highest BCUT2D eigenvalue weighted by molar-refractivity contribution is 6.01. The predicted molar refractivity (Wildman–Crippen MR) is 73.6 cm³/mol. The van der Waals surface area contributed by atoms with Crippen LogP contribution in [0.3, 0.4) is 0 Å². The number of ether oxygens (including phenoxy) is 1. The van der Waals surface area contributed by atoms with Crippen LogP contribution in [-0.4, -0.2) is 17.8 Å². The molecule has 0 radical (unpaired) electrons. The van der Waals surface area contributed by atoms with E-state index in [0.717, 1.165) is 0 Å². The van der Waals surface area contributed by atoms with Gasteiger partial charge in [-0.25, -0.2) is 0 Å². The molecule has 1 atom stereocenters. The Hall–Kier alpha value is -1.84. The van der Waals surface area contributed by atoms with E-state index in [2.05, 4.69) is 5.32 Å². The number of nitrogens with one attached hydrogen (secondary N) is 1. The molecule has 0 bridgehead atoms. The quantitative estimate of drug-likeness (QED) is 0.832. The zero-order valence-corrected chi connectivity index (χ0v) is 11.7. The fourth-order valence-electron chi connectivity index (χ4n) is 1.97. The van der Waals surface area contributed by atoms with E-state index in [1.807, 2.05) is 20.8 Å². The molecule has 0 aromatic heterocycles. The van der Waals surface area contributed by atoms with Crippen LogP contribution in [0.2, 0.25) is 0 Å². The summed E-state index contributed by atoms with van der Waals surface area (Å²) in [6, 6.07) is 5.17. The lowest BCUT2D eigenvalue weighted by atomic mass is 9.88. The number of carbonyl (C=O) groups excluding carboxylic acids is 2. The Morgan fingerprint density at radius 1 is 1.37 bits per heavy atom. The molecule has 1 aliphatic heterocycles. The van der Waals surface area contributed by atoms with Gasteiger partial charge in [0, 0.05) is 12.0 Å². The normalized spacial score (nSPS) is 18.3. The molecule has 0 spiro atoms. The van der Waals surface area contributed by atoms with Crippen molar-refractivity contribution in [2.24, 2.45) is 5.41 Å². The van der Waals surface area contributed by atoms with Crippen molar-refractivity contribution in [3.63, 3.8) is 0 Å². The molecule has 1 heterocycles. The Labute approximate surface area is 113 Å². The lowest BCUT2D eigenvalue weighted by molar-refractivity contribution is -0.122. The number of anilines is 1. The second-order valence-corrected chi connectivity index (χ2v) is 6.12. The van der Waals surface area contributed by atoms with Crippen molar-refractivity contribution in [1.82, 2.24) is 0 Å². The van der Waals surface area contributed by atoms with Crippen LogP contribution in [0.5, 0.6) is 5.75 Å². The van der Waals surface area contributed by atoms with Crippen LogP contribution in [0.1, 0.15) is 44.5 Å². The van der Waals surface area contributed by atoms with Crippen molar-refractivity contribution in [3.05, 3.63) is 23.8 Å². The van der Waals surface area contributed by atoms with Crippen LogP contribution in [-0.2, 0) is 4.79 Å². The van der Waals surface area contributed by atoms with Gasteiger partial charge in [-0.15, -0.1) is 0 Å². The zero-order chi connectivity index (χ0) is 14.2. The van der Waals surface area contributed by atoms with E-state index < -0.39 is 6.10 Å². The first-order valence-corrected chi connectivity index (χ1v) is 6.41. The molecule has 2 rings (SSSR count). The van der Waals surface area contributed by atoms with E-state index in [1.54, 1.807) is 25.1 Å². The second-order valence-electron chi connectivity index (χ2n) is 6.12. The molecule has 1 N–H and O–H groups in total. The summed E-state index contributed by atoms with van der Waals surface area (Å²) in [6.45, 7) is 7.76. The summed E-state index contributed by atoms with van der Waals surface area (Å²) in [6.07, 6.45) is -0.0274. The van der Waals surface area contributed by atoms with Crippen LogP contribution in [0, 0.1) is 5.41 Å². The Morgan fingerprint density at radius 3 is 2.68 bits per heavy atom. The van der Waals surface area contributed by atoms with E-state index in [0.29, 0.717) is 23.4 Å². The SMILES string of the molecule is CC1Oc2ccc(C(=O)CC(C)(C)C)cc2NC1=O. The maximum absolute atomic E-state index is 12.1. The van der Waals surface area contributed by atoms with Crippen molar-refractivity contribution >= 4 is 17.4 Å². The van der Waals surface area contributed by atoms with Gasteiger partial charge in [0.1, 0.15) is 5.75 Å². The Kier molecular flexibility index (Phi) is 3.35. The minimum atomic E-state index is -0.497. The summed E-state index contributed by atoms with van der Waals surface area (Å²) in [4.78, 5) is 23.7. The van der Waals surface area contributed by atoms with E-state index in [4.69, 9.17) is 4.74 Å². The minimum Gasteiger partial charge on any atom is -0.479 e. The van der Waals surface area contributed by atoms with Gasteiger partial charge in [-0.3, -0.25) is 9.59 Å². The number of hydrogen-bond donors (Lipinski definition) is 1. The third-order valence-corrected chi connectivity index (χ3v) is 2.92. The summed E-state index contributed by atoms with van der Waals surface area (Å²) < 4.78 is 5.46. The summed E-state index contributed by atoms with van der Waals surface area (Å²) in [5.41, 5.74) is 1.12. The first-order valence-electron chi connectivity index (χ1n) is 6.41. The molecule has 1 aromatic rings. The van der Waals surface area contributed by atoms with Crippen molar-refractivity contribution in [2.75, 3.05) is 5.32 Å². The molecule has 4 nitrogen and oxygen atoms in total. The van der Waals surface area contributed by atoms with Gasteiger partial charge >= 0.3 is 0 Å². The molecular formula is C15H19NO3. The van der Waals surface area contributed by atoms with Crippen molar-refractivity contribution in [3.8, 4) is 5.75 Å². The molecule has 1 aromatic carbocycles. The van der Waals surface area contributed by atoms with Crippen molar-refractivity contribution < 1.29 is 14.3 Å². The first kappa shape index (κ1) is 13.6. The standard InChI is InChI=1S/C15H19NO3/c1-9-14(18)16-11-7-10(5-6-13(11)19-9)12(17)8-15(2,3)4/h5-7,9H,8H2,1-4H3,(H,16,18). The molecule has 0 fully saturated rings.